The smallest absolute Gasteiger partial charge is 0.225 e. The minimum Gasteiger partial charge on any atom is -0.377 e. The molecule has 1 saturated heterocycles. The van der Waals surface area contributed by atoms with Gasteiger partial charge < -0.3 is 15.4 Å². The van der Waals surface area contributed by atoms with Gasteiger partial charge in [-0.25, -0.2) is 0 Å². The van der Waals surface area contributed by atoms with E-state index < -0.39 is 0 Å². The Morgan fingerprint density at radius 1 is 1.47 bits per heavy atom. The molecule has 2 aliphatic rings. The molecule has 1 amide bonds. The van der Waals surface area contributed by atoms with E-state index in [1.807, 2.05) is 4.90 Å². The Kier molecular flexibility index (Phi) is 3.73. The summed E-state index contributed by atoms with van der Waals surface area (Å²) in [5, 5.41) is 0. The van der Waals surface area contributed by atoms with Crippen LogP contribution in [0.1, 0.15) is 39.0 Å². The van der Waals surface area contributed by atoms with E-state index in [4.69, 9.17) is 10.5 Å². The zero-order valence-electron chi connectivity index (χ0n) is 10.9. The predicted octanol–water partition coefficient (Wildman–Crippen LogP) is 1.14. The second-order valence-electron chi connectivity index (χ2n) is 5.79. The van der Waals surface area contributed by atoms with E-state index in [0.717, 1.165) is 45.2 Å². The van der Waals surface area contributed by atoms with Crippen LogP contribution in [0.5, 0.6) is 0 Å². The predicted molar refractivity (Wildman–Crippen MR) is 66.5 cm³/mol. The number of nitrogens with zero attached hydrogens (tertiary/aromatic N) is 1. The average molecular weight is 240 g/mol. The summed E-state index contributed by atoms with van der Waals surface area (Å²) < 4.78 is 5.52. The normalized spacial score (nSPS) is 38.4. The maximum Gasteiger partial charge on any atom is 0.225 e. The molecule has 0 aromatic heterocycles. The van der Waals surface area contributed by atoms with Crippen molar-refractivity contribution in [1.82, 2.24) is 4.90 Å². The molecule has 2 fully saturated rings. The number of amides is 1. The molecule has 0 aromatic rings. The summed E-state index contributed by atoms with van der Waals surface area (Å²) >= 11 is 0. The lowest BCUT2D eigenvalue weighted by molar-refractivity contribution is -0.143. The Labute approximate surface area is 103 Å². The summed E-state index contributed by atoms with van der Waals surface area (Å²) in [4.78, 5) is 14.3. The quantitative estimate of drug-likeness (QED) is 0.787. The minimum atomic E-state index is -0.158. The molecule has 1 heterocycles. The van der Waals surface area contributed by atoms with Crippen LogP contribution in [-0.4, -0.2) is 42.6 Å². The fraction of sp³-hybridized carbons (Fsp3) is 0.923. The molecule has 1 aliphatic heterocycles. The zero-order valence-corrected chi connectivity index (χ0v) is 10.9. The maximum atomic E-state index is 12.4. The van der Waals surface area contributed by atoms with Crippen molar-refractivity contribution in [1.29, 1.82) is 0 Å². The molecule has 98 valence electrons. The average Bonchev–Trinajstić information content (AvgIpc) is 2.75. The minimum absolute atomic E-state index is 0.157. The van der Waals surface area contributed by atoms with E-state index >= 15 is 0 Å². The fourth-order valence-corrected chi connectivity index (χ4v) is 3.06. The van der Waals surface area contributed by atoms with Crippen molar-refractivity contribution in [2.45, 2.75) is 50.7 Å². The second kappa shape index (κ2) is 4.94. The zero-order chi connectivity index (χ0) is 12.5. The highest BCUT2D eigenvalue weighted by molar-refractivity contribution is 5.79. The molecule has 4 nitrogen and oxygen atoms in total. The van der Waals surface area contributed by atoms with Gasteiger partial charge >= 0.3 is 0 Å². The molecule has 0 spiro atoms. The van der Waals surface area contributed by atoms with Gasteiger partial charge in [0.1, 0.15) is 0 Å². The highest BCUT2D eigenvalue weighted by Crippen LogP contribution is 2.30. The Morgan fingerprint density at radius 3 is 2.82 bits per heavy atom. The Balaban J connectivity index is 1.95. The van der Waals surface area contributed by atoms with Crippen molar-refractivity contribution in [3.8, 4) is 0 Å². The van der Waals surface area contributed by atoms with E-state index in [1.54, 1.807) is 7.11 Å². The number of likely N-dealkylation sites (tertiary alicyclic amines) is 1. The monoisotopic (exact) mass is 240 g/mol. The van der Waals surface area contributed by atoms with E-state index in [0.29, 0.717) is 5.91 Å². The first-order valence-corrected chi connectivity index (χ1v) is 6.63. The van der Waals surface area contributed by atoms with Gasteiger partial charge in [-0.15, -0.1) is 0 Å². The van der Waals surface area contributed by atoms with Crippen molar-refractivity contribution < 1.29 is 9.53 Å². The largest absolute Gasteiger partial charge is 0.377 e. The third-order valence-electron chi connectivity index (χ3n) is 4.29. The third-order valence-corrected chi connectivity index (χ3v) is 4.29. The summed E-state index contributed by atoms with van der Waals surface area (Å²) in [5.41, 5.74) is 5.72. The van der Waals surface area contributed by atoms with Crippen LogP contribution in [-0.2, 0) is 9.53 Å². The standard InChI is InChI=1S/C13H24N2O2/c1-13(17-2)6-3-7-15(9-13)12(16)10-4-5-11(14)8-10/h10-11H,3-9,14H2,1-2H3. The van der Waals surface area contributed by atoms with E-state index in [2.05, 4.69) is 6.92 Å². The van der Waals surface area contributed by atoms with Gasteiger partial charge in [-0.2, -0.15) is 0 Å². The van der Waals surface area contributed by atoms with Gasteiger partial charge in [0.05, 0.1) is 5.60 Å². The molecule has 2 rings (SSSR count). The van der Waals surface area contributed by atoms with Crippen LogP contribution in [0, 0.1) is 5.92 Å². The second-order valence-corrected chi connectivity index (χ2v) is 5.79. The maximum absolute atomic E-state index is 12.4. The van der Waals surface area contributed by atoms with Crippen LogP contribution in [0.25, 0.3) is 0 Å². The summed E-state index contributed by atoms with van der Waals surface area (Å²) in [6.45, 7) is 3.70. The number of hydrogen-bond acceptors (Lipinski definition) is 3. The lowest BCUT2D eigenvalue weighted by Gasteiger charge is -2.40. The molecule has 3 unspecified atom stereocenters. The lowest BCUT2D eigenvalue weighted by atomic mass is 9.93. The van der Waals surface area contributed by atoms with Crippen molar-refractivity contribution in [3.05, 3.63) is 0 Å². The molecular weight excluding hydrogens is 216 g/mol. The van der Waals surface area contributed by atoms with Crippen LogP contribution in [0.4, 0.5) is 0 Å². The Morgan fingerprint density at radius 2 is 2.24 bits per heavy atom. The molecule has 0 aromatic carbocycles. The molecule has 1 aliphatic carbocycles. The van der Waals surface area contributed by atoms with Gasteiger partial charge in [-0.3, -0.25) is 4.79 Å². The number of nitrogens with two attached hydrogens (primary N) is 1. The number of methoxy groups -OCH3 is 1. The van der Waals surface area contributed by atoms with Crippen molar-refractivity contribution in [3.63, 3.8) is 0 Å². The molecular formula is C13H24N2O2. The van der Waals surface area contributed by atoms with Gasteiger partial charge in [0, 0.05) is 32.2 Å². The first kappa shape index (κ1) is 12.8. The molecule has 1 saturated carbocycles. The fourth-order valence-electron chi connectivity index (χ4n) is 3.06. The van der Waals surface area contributed by atoms with Crippen LogP contribution in [0.15, 0.2) is 0 Å². The summed E-state index contributed by atoms with van der Waals surface area (Å²) in [7, 11) is 1.74. The first-order chi connectivity index (χ1) is 8.04. The summed E-state index contributed by atoms with van der Waals surface area (Å²) in [6, 6.07) is 0.225. The molecule has 0 radical (unpaired) electrons. The summed E-state index contributed by atoms with van der Waals surface area (Å²) in [5.74, 6) is 0.449. The molecule has 2 N–H and O–H groups in total. The van der Waals surface area contributed by atoms with Gasteiger partial charge in [-0.05, 0) is 39.0 Å². The van der Waals surface area contributed by atoms with Crippen molar-refractivity contribution >= 4 is 5.91 Å². The van der Waals surface area contributed by atoms with Crippen LogP contribution in [0.3, 0.4) is 0 Å². The van der Waals surface area contributed by atoms with E-state index in [9.17, 15) is 4.79 Å². The van der Waals surface area contributed by atoms with Crippen LogP contribution < -0.4 is 5.73 Å². The number of rotatable bonds is 2. The third kappa shape index (κ3) is 2.80. The molecule has 3 atom stereocenters. The molecule has 0 bridgehead atoms. The van der Waals surface area contributed by atoms with Gasteiger partial charge in [0.2, 0.25) is 5.91 Å². The van der Waals surface area contributed by atoms with E-state index in [-0.39, 0.29) is 17.6 Å². The Hall–Kier alpha value is -0.610. The molecule has 17 heavy (non-hydrogen) atoms. The number of hydrogen-bond donors (Lipinski definition) is 1. The van der Waals surface area contributed by atoms with Crippen LogP contribution in [0.2, 0.25) is 0 Å². The highest BCUT2D eigenvalue weighted by Gasteiger charge is 2.37. The lowest BCUT2D eigenvalue weighted by Crippen LogP contribution is -2.51. The Bertz CT molecular complexity index is 295. The topological polar surface area (TPSA) is 55.6 Å². The summed E-state index contributed by atoms with van der Waals surface area (Å²) in [6.07, 6.45) is 4.89. The van der Waals surface area contributed by atoms with E-state index in [1.165, 1.54) is 0 Å². The van der Waals surface area contributed by atoms with Crippen molar-refractivity contribution in [2.75, 3.05) is 20.2 Å². The SMILES string of the molecule is COC1(C)CCCN(C(=O)C2CCC(N)C2)C1. The van der Waals surface area contributed by atoms with Gasteiger partial charge in [-0.1, -0.05) is 0 Å². The van der Waals surface area contributed by atoms with Gasteiger partial charge in [0.25, 0.3) is 0 Å². The van der Waals surface area contributed by atoms with Gasteiger partial charge in [0.15, 0.2) is 0 Å². The number of carbonyl (C=O) groups is 1. The molecule has 4 heteroatoms. The first-order valence-electron chi connectivity index (χ1n) is 6.63. The van der Waals surface area contributed by atoms with Crippen molar-refractivity contribution in [2.24, 2.45) is 11.7 Å². The number of ether oxygens (including phenoxy) is 1. The van der Waals surface area contributed by atoms with Crippen LogP contribution >= 0.6 is 0 Å². The number of piperidine rings is 1. The highest BCUT2D eigenvalue weighted by atomic mass is 16.5. The number of carbonyl (C=O) groups excluding carboxylic acids is 1.